The van der Waals surface area contributed by atoms with Gasteiger partial charge in [0.25, 0.3) is 0 Å². The highest BCUT2D eigenvalue weighted by Gasteiger charge is 2.77. The Hall–Kier alpha value is -9.18. The quantitative estimate of drug-likeness (QED) is 0.121. The second-order valence-electron chi connectivity index (χ2n) is 23.1. The third kappa shape index (κ3) is 7.47. The summed E-state index contributed by atoms with van der Waals surface area (Å²) >= 11 is 0. The topological polar surface area (TPSA) is 11.4 Å². The van der Waals surface area contributed by atoms with Crippen molar-refractivity contribution in [2.75, 3.05) is 9.80 Å². The van der Waals surface area contributed by atoms with Gasteiger partial charge in [-0.2, -0.15) is 0 Å². The molecule has 4 aliphatic carbocycles. The predicted octanol–water partition coefficient (Wildman–Crippen LogP) is 20.5. The molecule has 0 saturated heterocycles. The maximum atomic E-state index is 2.48. The van der Waals surface area contributed by atoms with Gasteiger partial charge >= 0.3 is 0 Å². The summed E-state index contributed by atoms with van der Waals surface area (Å²) < 4.78 is 2.37. The van der Waals surface area contributed by atoms with Crippen LogP contribution >= 0.6 is 0 Å². The first-order valence-corrected chi connectivity index (χ1v) is 28.5. The molecule has 378 valence electrons. The largest absolute Gasteiger partial charge is 0.311 e. The molecule has 1 heterocycles. The molecular formula is C76H59N3. The Morgan fingerprint density at radius 1 is 0.291 bits per heavy atom. The maximum Gasteiger partial charge on any atom is 0.0541 e. The predicted molar refractivity (Wildman–Crippen MR) is 330 cm³/mol. The summed E-state index contributed by atoms with van der Waals surface area (Å²) in [5.41, 5.74) is 22.7. The van der Waals surface area contributed by atoms with Gasteiger partial charge in [-0.05, 0) is 208 Å². The maximum absolute atomic E-state index is 2.48. The Bertz CT molecular complexity index is 4110. The van der Waals surface area contributed by atoms with E-state index in [1.165, 1.54) is 98.4 Å². The van der Waals surface area contributed by atoms with E-state index in [0.29, 0.717) is 5.41 Å². The standard InChI is InChI=1S/C76H59N3/c1-3-11-52(12-4-1)56-25-35-66(36-26-56)78(68-41-31-59(32-42-68)55-23-33-60(34-24-55)75-49-62-47-61-48-63(50-75)76(61,62)51-75)67-39-29-58(30-40-67)54-21-19-53(20-22-54)57-27-37-65(38-28-57)77(64-13-5-2-6-14-64)69-43-45-70(46-44-69)79-73-17-9-7-15-71(73)72-16-8-10-18-74(72)79/h1-46,61-63H,47-51H2. The first-order valence-electron chi connectivity index (χ1n) is 28.5. The van der Waals surface area contributed by atoms with Crippen LogP contribution in [0.25, 0.3) is 72.0 Å². The summed E-state index contributed by atoms with van der Waals surface area (Å²) in [6.45, 7) is 0. The van der Waals surface area contributed by atoms with Gasteiger partial charge in [0.05, 0.1) is 11.0 Å². The van der Waals surface area contributed by atoms with Crippen molar-refractivity contribution in [1.29, 1.82) is 0 Å². The van der Waals surface area contributed by atoms with Crippen LogP contribution < -0.4 is 9.80 Å². The van der Waals surface area contributed by atoms with Gasteiger partial charge in [-0.1, -0.05) is 182 Å². The first kappa shape index (κ1) is 46.0. The van der Waals surface area contributed by atoms with E-state index in [4.69, 9.17) is 0 Å². The van der Waals surface area contributed by atoms with Crippen molar-refractivity contribution in [3.8, 4) is 50.2 Å². The highest BCUT2D eigenvalue weighted by atomic mass is 15.1. The van der Waals surface area contributed by atoms with Crippen LogP contribution in [0.3, 0.4) is 0 Å². The lowest BCUT2D eigenvalue weighted by atomic mass is 9.38. The zero-order chi connectivity index (χ0) is 52.1. The lowest BCUT2D eigenvalue weighted by Gasteiger charge is -2.66. The summed E-state index contributed by atoms with van der Waals surface area (Å²) in [5.74, 6) is 3.06. The van der Waals surface area contributed by atoms with E-state index in [-0.39, 0.29) is 0 Å². The van der Waals surface area contributed by atoms with Crippen molar-refractivity contribution in [2.45, 2.75) is 37.5 Å². The summed E-state index contributed by atoms with van der Waals surface area (Å²) in [7, 11) is 0. The SMILES string of the molecule is c1ccc(-c2ccc(N(c3ccc(-c4ccc(-c5ccc(N(c6ccccc6)c6ccc(-n7c8ccccc8c8ccccc87)cc6)cc5)cc4)cc3)c3ccc(-c4ccc(C56CC7CC8CC(C5)C87C6)cc4)cc3)cc2)cc1. The molecular weight excluding hydrogens is 955 g/mol. The number of hydrogen-bond acceptors (Lipinski definition) is 2. The number of fused-ring (bicyclic) bond motifs is 4. The summed E-state index contributed by atoms with van der Waals surface area (Å²) in [6, 6.07) is 103. The van der Waals surface area contributed by atoms with Crippen LogP contribution in [-0.4, -0.2) is 4.57 Å². The van der Waals surface area contributed by atoms with E-state index in [9.17, 15) is 0 Å². The van der Waals surface area contributed by atoms with E-state index in [0.717, 1.165) is 63.0 Å². The lowest BCUT2D eigenvalue weighted by Crippen LogP contribution is -2.59. The average molecular weight is 1010 g/mol. The Kier molecular flexibility index (Phi) is 10.6. The van der Waals surface area contributed by atoms with Crippen molar-refractivity contribution in [3.63, 3.8) is 0 Å². The highest BCUT2D eigenvalue weighted by molar-refractivity contribution is 6.09. The van der Waals surface area contributed by atoms with Crippen molar-refractivity contribution >= 4 is 55.9 Å². The van der Waals surface area contributed by atoms with Gasteiger partial charge in [-0.25, -0.2) is 0 Å². The van der Waals surface area contributed by atoms with Crippen molar-refractivity contribution in [3.05, 3.63) is 285 Å². The van der Waals surface area contributed by atoms with Gasteiger partial charge in [0.2, 0.25) is 0 Å². The fourth-order valence-corrected chi connectivity index (χ4v) is 15.6. The molecule has 4 aliphatic rings. The number of benzene rings is 11. The smallest absolute Gasteiger partial charge is 0.0541 e. The molecule has 12 aromatic rings. The summed E-state index contributed by atoms with van der Waals surface area (Å²) in [4.78, 5) is 4.72. The minimum absolute atomic E-state index is 0.437. The second kappa shape index (κ2) is 18.2. The summed E-state index contributed by atoms with van der Waals surface area (Å²) in [5, 5.41) is 2.53. The second-order valence-corrected chi connectivity index (χ2v) is 23.1. The number of nitrogens with zero attached hydrogens (tertiary/aromatic N) is 3. The molecule has 1 aromatic heterocycles. The number of anilines is 6. The highest BCUT2D eigenvalue weighted by Crippen LogP contribution is 2.84. The molecule has 3 nitrogen and oxygen atoms in total. The van der Waals surface area contributed by atoms with Crippen LogP contribution in [0.4, 0.5) is 34.1 Å². The van der Waals surface area contributed by atoms with Crippen LogP contribution in [0.2, 0.25) is 0 Å². The van der Waals surface area contributed by atoms with Crippen molar-refractivity contribution in [1.82, 2.24) is 4.57 Å². The van der Waals surface area contributed by atoms with Crippen LogP contribution in [0.15, 0.2) is 279 Å². The molecule has 2 unspecified atom stereocenters. The molecule has 0 N–H and O–H groups in total. The minimum atomic E-state index is 0.437. The molecule has 3 heteroatoms. The zero-order valence-corrected chi connectivity index (χ0v) is 44.2. The van der Waals surface area contributed by atoms with Gasteiger partial charge in [-0.3, -0.25) is 0 Å². The third-order valence-electron chi connectivity index (χ3n) is 19.3. The summed E-state index contributed by atoms with van der Waals surface area (Å²) in [6.07, 6.45) is 7.33. The number of rotatable bonds is 12. The van der Waals surface area contributed by atoms with Gasteiger partial charge in [0.15, 0.2) is 0 Å². The normalized spacial score (nSPS) is 20.4. The Balaban J connectivity index is 0.653. The third-order valence-corrected chi connectivity index (χ3v) is 19.3. The average Bonchev–Trinajstić information content (AvgIpc) is 2.16. The zero-order valence-electron chi connectivity index (χ0n) is 44.2. The molecule has 4 saturated carbocycles. The van der Waals surface area contributed by atoms with Crippen molar-refractivity contribution in [2.24, 2.45) is 23.2 Å². The van der Waals surface area contributed by atoms with Crippen LogP contribution in [0.5, 0.6) is 0 Å². The van der Waals surface area contributed by atoms with E-state index >= 15 is 0 Å². The molecule has 2 atom stereocenters. The van der Waals surface area contributed by atoms with Gasteiger partial charge in [0, 0.05) is 50.6 Å². The molecule has 79 heavy (non-hydrogen) atoms. The number of para-hydroxylation sites is 3. The Morgan fingerprint density at radius 3 is 1.00 bits per heavy atom. The molecule has 0 radical (unpaired) electrons. The van der Waals surface area contributed by atoms with E-state index in [2.05, 4.69) is 293 Å². The molecule has 0 amide bonds. The molecule has 16 rings (SSSR count). The number of hydrogen-bond donors (Lipinski definition) is 0. The van der Waals surface area contributed by atoms with E-state index < -0.39 is 0 Å². The van der Waals surface area contributed by atoms with Crippen LogP contribution in [-0.2, 0) is 5.41 Å². The molecule has 1 spiro atoms. The van der Waals surface area contributed by atoms with Crippen LogP contribution in [0, 0.1) is 23.2 Å². The Morgan fingerprint density at radius 2 is 0.608 bits per heavy atom. The lowest BCUT2D eigenvalue weighted by molar-refractivity contribution is -0.175. The number of aromatic nitrogens is 1. The van der Waals surface area contributed by atoms with E-state index in [1.54, 1.807) is 5.56 Å². The fraction of sp³-hybridized carbons (Fsp3) is 0.132. The molecule has 11 aromatic carbocycles. The fourth-order valence-electron chi connectivity index (χ4n) is 15.6. The van der Waals surface area contributed by atoms with E-state index in [1.807, 2.05) is 0 Å². The monoisotopic (exact) mass is 1010 g/mol. The van der Waals surface area contributed by atoms with Gasteiger partial charge in [-0.15, -0.1) is 0 Å². The first-order chi connectivity index (χ1) is 39.0. The van der Waals surface area contributed by atoms with Gasteiger partial charge < -0.3 is 14.4 Å². The Labute approximate surface area is 463 Å². The minimum Gasteiger partial charge on any atom is -0.311 e. The molecule has 4 fully saturated rings. The van der Waals surface area contributed by atoms with Crippen LogP contribution in [0.1, 0.15) is 37.7 Å². The molecule has 2 bridgehead atoms. The van der Waals surface area contributed by atoms with Gasteiger partial charge in [0.1, 0.15) is 0 Å². The van der Waals surface area contributed by atoms with Crippen molar-refractivity contribution < 1.29 is 0 Å². The molecule has 0 aliphatic heterocycles.